The Balaban J connectivity index is 2.69. The maximum absolute atomic E-state index is 10.9. The van der Waals surface area contributed by atoms with E-state index in [0.29, 0.717) is 0 Å². The standard InChI is InChI=1S/C14H17NO3/c1-14(2,3)9-5-8-6-11(13(16)17)15-10(8)7-12(9)18-4/h5-7,15H,1-4H3,(H,16,17). The van der Waals surface area contributed by atoms with E-state index in [0.717, 1.165) is 22.2 Å². The van der Waals surface area contributed by atoms with Crippen LogP contribution in [-0.4, -0.2) is 23.2 Å². The molecule has 4 nitrogen and oxygen atoms in total. The molecule has 0 aliphatic rings. The molecule has 0 fully saturated rings. The highest BCUT2D eigenvalue weighted by Gasteiger charge is 2.20. The van der Waals surface area contributed by atoms with Gasteiger partial charge in [-0.2, -0.15) is 0 Å². The number of hydrogen-bond donors (Lipinski definition) is 2. The van der Waals surface area contributed by atoms with Gasteiger partial charge in [-0.15, -0.1) is 0 Å². The first-order valence-corrected chi connectivity index (χ1v) is 5.77. The van der Waals surface area contributed by atoms with Gasteiger partial charge < -0.3 is 14.8 Å². The van der Waals surface area contributed by atoms with Crippen LogP contribution in [-0.2, 0) is 5.41 Å². The fourth-order valence-corrected chi connectivity index (χ4v) is 2.03. The molecule has 0 saturated carbocycles. The number of aromatic nitrogens is 1. The number of aromatic amines is 1. The number of carboxylic acids is 1. The highest BCUT2D eigenvalue weighted by Crippen LogP contribution is 2.34. The van der Waals surface area contributed by atoms with E-state index < -0.39 is 5.97 Å². The van der Waals surface area contributed by atoms with Gasteiger partial charge in [-0.05, 0) is 17.5 Å². The fourth-order valence-electron chi connectivity index (χ4n) is 2.03. The van der Waals surface area contributed by atoms with Crippen LogP contribution >= 0.6 is 0 Å². The predicted molar refractivity (Wildman–Crippen MR) is 70.5 cm³/mol. The summed E-state index contributed by atoms with van der Waals surface area (Å²) in [6, 6.07) is 5.48. The summed E-state index contributed by atoms with van der Waals surface area (Å²) in [6.45, 7) is 6.30. The molecule has 0 bridgehead atoms. The third-order valence-corrected chi connectivity index (χ3v) is 2.98. The average Bonchev–Trinajstić information content (AvgIpc) is 2.68. The van der Waals surface area contributed by atoms with Gasteiger partial charge in [0.25, 0.3) is 0 Å². The molecule has 1 aromatic heterocycles. The van der Waals surface area contributed by atoms with E-state index in [9.17, 15) is 4.79 Å². The van der Waals surface area contributed by atoms with Crippen molar-refractivity contribution in [2.45, 2.75) is 26.2 Å². The molecule has 1 heterocycles. The highest BCUT2D eigenvalue weighted by molar-refractivity contribution is 5.94. The number of ether oxygens (including phenoxy) is 1. The molecule has 2 aromatic rings. The summed E-state index contributed by atoms with van der Waals surface area (Å²) in [6.07, 6.45) is 0. The zero-order valence-electron chi connectivity index (χ0n) is 11.0. The molecule has 0 amide bonds. The summed E-state index contributed by atoms with van der Waals surface area (Å²) in [7, 11) is 1.62. The molecule has 1 aromatic carbocycles. The van der Waals surface area contributed by atoms with E-state index in [1.165, 1.54) is 0 Å². The first-order chi connectivity index (χ1) is 8.32. The Labute approximate surface area is 106 Å². The van der Waals surface area contributed by atoms with E-state index in [-0.39, 0.29) is 11.1 Å². The van der Waals surface area contributed by atoms with Crippen LogP contribution in [0.5, 0.6) is 5.75 Å². The highest BCUT2D eigenvalue weighted by atomic mass is 16.5. The van der Waals surface area contributed by atoms with E-state index in [4.69, 9.17) is 9.84 Å². The van der Waals surface area contributed by atoms with Gasteiger partial charge in [0.15, 0.2) is 0 Å². The lowest BCUT2D eigenvalue weighted by Crippen LogP contribution is -2.12. The van der Waals surface area contributed by atoms with Gasteiger partial charge in [-0.1, -0.05) is 20.8 Å². The third kappa shape index (κ3) is 2.06. The fraction of sp³-hybridized carbons (Fsp3) is 0.357. The van der Waals surface area contributed by atoms with E-state index in [2.05, 4.69) is 25.8 Å². The quantitative estimate of drug-likeness (QED) is 0.856. The van der Waals surface area contributed by atoms with Gasteiger partial charge in [0.05, 0.1) is 7.11 Å². The number of carbonyl (C=O) groups is 1. The summed E-state index contributed by atoms with van der Waals surface area (Å²) < 4.78 is 5.38. The van der Waals surface area contributed by atoms with E-state index in [1.54, 1.807) is 13.2 Å². The van der Waals surface area contributed by atoms with Crippen molar-refractivity contribution in [3.8, 4) is 5.75 Å². The monoisotopic (exact) mass is 247 g/mol. The summed E-state index contributed by atoms with van der Waals surface area (Å²) in [5, 5.41) is 9.87. The Hall–Kier alpha value is -1.97. The van der Waals surface area contributed by atoms with Crippen LogP contribution in [0, 0.1) is 0 Å². The Kier molecular flexibility index (Phi) is 2.81. The SMILES string of the molecule is COc1cc2[nH]c(C(=O)O)cc2cc1C(C)(C)C. The zero-order valence-corrected chi connectivity index (χ0v) is 11.0. The molecule has 0 atom stereocenters. The summed E-state index contributed by atoms with van der Waals surface area (Å²) >= 11 is 0. The number of fused-ring (bicyclic) bond motifs is 1. The Morgan fingerprint density at radius 2 is 1.94 bits per heavy atom. The minimum atomic E-state index is -0.956. The van der Waals surface area contributed by atoms with E-state index in [1.807, 2.05) is 12.1 Å². The van der Waals surface area contributed by atoms with Gasteiger partial charge in [0, 0.05) is 22.5 Å². The van der Waals surface area contributed by atoms with Crippen molar-refractivity contribution in [1.82, 2.24) is 4.98 Å². The topological polar surface area (TPSA) is 62.3 Å². The zero-order chi connectivity index (χ0) is 13.5. The lowest BCUT2D eigenvalue weighted by molar-refractivity contribution is 0.0691. The summed E-state index contributed by atoms with van der Waals surface area (Å²) in [5.41, 5.74) is 1.98. The second-order valence-electron chi connectivity index (χ2n) is 5.38. The van der Waals surface area contributed by atoms with Crippen molar-refractivity contribution in [1.29, 1.82) is 0 Å². The van der Waals surface area contributed by atoms with Crippen LogP contribution in [0.15, 0.2) is 18.2 Å². The van der Waals surface area contributed by atoms with Crippen LogP contribution in [0.25, 0.3) is 10.9 Å². The summed E-state index contributed by atoms with van der Waals surface area (Å²) in [5.74, 6) is -0.184. The molecule has 4 heteroatoms. The third-order valence-electron chi connectivity index (χ3n) is 2.98. The van der Waals surface area contributed by atoms with Crippen LogP contribution < -0.4 is 4.74 Å². The average molecular weight is 247 g/mol. The number of hydrogen-bond acceptors (Lipinski definition) is 2. The molecule has 0 radical (unpaired) electrons. The molecular formula is C14H17NO3. The van der Waals surface area contributed by atoms with Crippen molar-refractivity contribution in [3.05, 3.63) is 29.5 Å². The van der Waals surface area contributed by atoms with Crippen molar-refractivity contribution in [2.24, 2.45) is 0 Å². The molecule has 96 valence electrons. The number of methoxy groups -OCH3 is 1. The molecule has 18 heavy (non-hydrogen) atoms. The summed E-state index contributed by atoms with van der Waals surface area (Å²) in [4.78, 5) is 13.8. The van der Waals surface area contributed by atoms with Gasteiger partial charge >= 0.3 is 5.97 Å². The van der Waals surface area contributed by atoms with Gasteiger partial charge in [0.1, 0.15) is 11.4 Å². The number of rotatable bonds is 2. The molecule has 2 rings (SSSR count). The second-order valence-corrected chi connectivity index (χ2v) is 5.38. The number of aromatic carboxylic acids is 1. The minimum absolute atomic E-state index is 0.0554. The van der Waals surface area contributed by atoms with Crippen molar-refractivity contribution in [2.75, 3.05) is 7.11 Å². The Morgan fingerprint density at radius 3 is 2.44 bits per heavy atom. The van der Waals surface area contributed by atoms with Crippen molar-refractivity contribution >= 4 is 16.9 Å². The van der Waals surface area contributed by atoms with Crippen LogP contribution in [0.4, 0.5) is 0 Å². The number of carboxylic acid groups (broad SMARTS) is 1. The normalized spacial score (nSPS) is 11.8. The molecule has 0 unspecified atom stereocenters. The largest absolute Gasteiger partial charge is 0.496 e. The predicted octanol–water partition coefficient (Wildman–Crippen LogP) is 3.17. The number of nitrogens with one attached hydrogen (secondary N) is 1. The van der Waals surface area contributed by atoms with Gasteiger partial charge in [-0.3, -0.25) is 0 Å². The van der Waals surface area contributed by atoms with Crippen LogP contribution in [0.1, 0.15) is 36.8 Å². The van der Waals surface area contributed by atoms with Crippen LogP contribution in [0.3, 0.4) is 0 Å². The maximum atomic E-state index is 10.9. The molecule has 0 aliphatic carbocycles. The molecule has 0 spiro atoms. The first-order valence-electron chi connectivity index (χ1n) is 5.77. The Morgan fingerprint density at radius 1 is 1.28 bits per heavy atom. The molecule has 2 N–H and O–H groups in total. The van der Waals surface area contributed by atoms with Gasteiger partial charge in [0.2, 0.25) is 0 Å². The number of H-pyrrole nitrogens is 1. The lowest BCUT2D eigenvalue weighted by atomic mass is 9.85. The van der Waals surface area contributed by atoms with Crippen LogP contribution in [0.2, 0.25) is 0 Å². The Bertz CT molecular complexity index is 605. The van der Waals surface area contributed by atoms with Gasteiger partial charge in [-0.25, -0.2) is 4.79 Å². The minimum Gasteiger partial charge on any atom is -0.496 e. The maximum Gasteiger partial charge on any atom is 0.352 e. The smallest absolute Gasteiger partial charge is 0.352 e. The van der Waals surface area contributed by atoms with Crippen molar-refractivity contribution in [3.63, 3.8) is 0 Å². The molecule has 0 aliphatic heterocycles. The second kappa shape index (κ2) is 4.05. The number of benzene rings is 1. The molecular weight excluding hydrogens is 230 g/mol. The molecule has 0 saturated heterocycles. The first kappa shape index (κ1) is 12.5. The van der Waals surface area contributed by atoms with E-state index >= 15 is 0 Å². The lowest BCUT2D eigenvalue weighted by Gasteiger charge is -2.22. The van der Waals surface area contributed by atoms with Crippen molar-refractivity contribution < 1.29 is 14.6 Å².